The summed E-state index contributed by atoms with van der Waals surface area (Å²) in [6, 6.07) is 9.16. The topological polar surface area (TPSA) is 52.9 Å². The van der Waals surface area contributed by atoms with Crippen LogP contribution in [-0.2, 0) is 4.79 Å². The first-order chi connectivity index (χ1) is 7.17. The Hall–Kier alpha value is -1.68. The monoisotopic (exact) mass is 204 g/mol. The summed E-state index contributed by atoms with van der Waals surface area (Å²) in [4.78, 5) is 11.9. The molecule has 1 aromatic rings. The summed E-state index contributed by atoms with van der Waals surface area (Å²) >= 11 is 0. The first-order valence-electron chi connectivity index (χ1n) is 4.73. The number of hydrogen-bond acceptors (Lipinski definition) is 3. The van der Waals surface area contributed by atoms with Crippen LogP contribution in [0, 0.1) is 5.41 Å². The van der Waals surface area contributed by atoms with E-state index in [0.717, 1.165) is 5.69 Å². The summed E-state index contributed by atoms with van der Waals surface area (Å²) in [7, 11) is 0. The van der Waals surface area contributed by atoms with Crippen LogP contribution in [0.4, 0.5) is 5.69 Å². The van der Waals surface area contributed by atoms with E-state index in [9.17, 15) is 4.79 Å². The lowest BCUT2D eigenvalue weighted by atomic mass is 9.93. The Labute approximate surface area is 87.8 Å². The molecule has 0 saturated heterocycles. The van der Waals surface area contributed by atoms with Crippen molar-refractivity contribution in [1.82, 2.24) is 0 Å². The van der Waals surface area contributed by atoms with Crippen LogP contribution in [0.3, 0.4) is 0 Å². The third kappa shape index (κ3) is 1.53. The van der Waals surface area contributed by atoms with Crippen molar-refractivity contribution in [2.24, 2.45) is 10.5 Å². The van der Waals surface area contributed by atoms with E-state index in [4.69, 9.17) is 5.11 Å². The molecule has 1 aliphatic heterocycles. The van der Waals surface area contributed by atoms with Gasteiger partial charge in [0.1, 0.15) is 5.41 Å². The van der Waals surface area contributed by atoms with Crippen molar-refractivity contribution in [2.45, 2.75) is 6.92 Å². The van der Waals surface area contributed by atoms with Crippen LogP contribution >= 0.6 is 0 Å². The van der Waals surface area contributed by atoms with Crippen molar-refractivity contribution in [3.63, 3.8) is 0 Å². The van der Waals surface area contributed by atoms with Gasteiger partial charge in [0.05, 0.1) is 12.3 Å². The van der Waals surface area contributed by atoms with E-state index >= 15 is 0 Å². The molecule has 1 amide bonds. The molecule has 15 heavy (non-hydrogen) atoms. The molecule has 78 valence electrons. The van der Waals surface area contributed by atoms with Gasteiger partial charge >= 0.3 is 0 Å². The first-order valence-corrected chi connectivity index (χ1v) is 4.73. The average molecular weight is 204 g/mol. The van der Waals surface area contributed by atoms with Gasteiger partial charge in [-0.3, -0.25) is 4.79 Å². The Kier molecular flexibility index (Phi) is 2.28. The number of aliphatic hydroxyl groups excluding tert-OH is 1. The van der Waals surface area contributed by atoms with Gasteiger partial charge in [0.2, 0.25) is 0 Å². The number of amides is 1. The third-order valence-electron chi connectivity index (χ3n) is 2.47. The van der Waals surface area contributed by atoms with Gasteiger partial charge in [0.15, 0.2) is 0 Å². The number of nitrogens with zero attached hydrogens (tertiary/aromatic N) is 2. The van der Waals surface area contributed by atoms with E-state index in [1.807, 2.05) is 18.2 Å². The molecule has 0 aromatic heterocycles. The van der Waals surface area contributed by atoms with Gasteiger partial charge in [-0.15, -0.1) is 0 Å². The zero-order valence-electron chi connectivity index (χ0n) is 8.42. The van der Waals surface area contributed by atoms with Crippen LogP contribution in [0.1, 0.15) is 6.92 Å². The molecule has 0 bridgehead atoms. The number of anilines is 1. The van der Waals surface area contributed by atoms with Crippen LogP contribution in [0.15, 0.2) is 35.4 Å². The Morgan fingerprint density at radius 1 is 1.40 bits per heavy atom. The quantitative estimate of drug-likeness (QED) is 0.781. The fourth-order valence-corrected chi connectivity index (χ4v) is 1.40. The van der Waals surface area contributed by atoms with Gasteiger partial charge in [-0.1, -0.05) is 18.2 Å². The predicted octanol–water partition coefficient (Wildman–Crippen LogP) is 1.02. The molecule has 1 N–H and O–H groups in total. The van der Waals surface area contributed by atoms with Crippen LogP contribution in [0.25, 0.3) is 0 Å². The summed E-state index contributed by atoms with van der Waals surface area (Å²) in [6.45, 7) is 1.44. The zero-order chi connectivity index (χ0) is 10.9. The SMILES string of the molecule is CC1(CO)C=NN(c2ccccc2)C1=O. The summed E-state index contributed by atoms with van der Waals surface area (Å²) in [5, 5.41) is 14.4. The molecule has 1 aliphatic rings. The van der Waals surface area contributed by atoms with Crippen LogP contribution in [0.2, 0.25) is 0 Å². The Balaban J connectivity index is 2.30. The molecular weight excluding hydrogens is 192 g/mol. The number of para-hydroxylation sites is 1. The molecule has 1 atom stereocenters. The molecule has 0 radical (unpaired) electrons. The minimum atomic E-state index is -0.879. The van der Waals surface area contributed by atoms with Gasteiger partial charge < -0.3 is 5.11 Å². The maximum absolute atomic E-state index is 11.9. The largest absolute Gasteiger partial charge is 0.395 e. The van der Waals surface area contributed by atoms with Gasteiger partial charge in [0.25, 0.3) is 5.91 Å². The number of hydrogen-bond donors (Lipinski definition) is 1. The van der Waals surface area contributed by atoms with Crippen molar-refractivity contribution in [3.8, 4) is 0 Å². The molecule has 0 fully saturated rings. The summed E-state index contributed by atoms with van der Waals surface area (Å²) in [5.74, 6) is -0.198. The minimum Gasteiger partial charge on any atom is -0.395 e. The maximum Gasteiger partial charge on any atom is 0.261 e. The van der Waals surface area contributed by atoms with E-state index in [2.05, 4.69) is 5.10 Å². The molecule has 1 unspecified atom stereocenters. The van der Waals surface area contributed by atoms with E-state index in [1.165, 1.54) is 11.2 Å². The van der Waals surface area contributed by atoms with Crippen molar-refractivity contribution in [3.05, 3.63) is 30.3 Å². The van der Waals surface area contributed by atoms with Crippen LogP contribution in [-0.4, -0.2) is 23.8 Å². The van der Waals surface area contributed by atoms with Gasteiger partial charge in [-0.25, -0.2) is 5.01 Å². The molecule has 4 nitrogen and oxygen atoms in total. The maximum atomic E-state index is 11.9. The molecule has 0 spiro atoms. The Morgan fingerprint density at radius 2 is 2.07 bits per heavy atom. The standard InChI is InChI=1S/C11H12N2O2/c1-11(8-14)7-12-13(10(11)15)9-5-3-2-4-6-9/h2-7,14H,8H2,1H3. The van der Waals surface area contributed by atoms with Gasteiger partial charge in [-0.2, -0.15) is 5.10 Å². The second-order valence-electron chi connectivity index (χ2n) is 3.77. The molecule has 0 saturated carbocycles. The van der Waals surface area contributed by atoms with E-state index in [-0.39, 0.29) is 12.5 Å². The van der Waals surface area contributed by atoms with Gasteiger partial charge in [-0.05, 0) is 19.1 Å². The molecule has 0 aliphatic carbocycles. The molecule has 1 heterocycles. The molecule has 1 aromatic carbocycles. The van der Waals surface area contributed by atoms with Crippen molar-refractivity contribution in [2.75, 3.05) is 11.6 Å². The normalized spacial score (nSPS) is 24.9. The zero-order valence-corrected chi connectivity index (χ0v) is 8.42. The first kappa shape index (κ1) is 9.86. The number of carbonyl (C=O) groups excluding carboxylic acids is 1. The molecule has 2 rings (SSSR count). The summed E-state index contributed by atoms with van der Waals surface area (Å²) in [5.41, 5.74) is -0.161. The van der Waals surface area contributed by atoms with Crippen LogP contribution < -0.4 is 5.01 Å². The second-order valence-corrected chi connectivity index (χ2v) is 3.77. The molecule has 4 heteroatoms. The number of aliphatic hydroxyl groups is 1. The lowest BCUT2D eigenvalue weighted by Crippen LogP contribution is -2.36. The average Bonchev–Trinajstić information content (AvgIpc) is 2.58. The lowest BCUT2D eigenvalue weighted by molar-refractivity contribution is -0.124. The number of benzene rings is 1. The minimum absolute atomic E-state index is 0.198. The number of rotatable bonds is 2. The summed E-state index contributed by atoms with van der Waals surface area (Å²) in [6.07, 6.45) is 1.49. The highest BCUT2D eigenvalue weighted by Crippen LogP contribution is 2.27. The van der Waals surface area contributed by atoms with E-state index in [0.29, 0.717) is 0 Å². The van der Waals surface area contributed by atoms with Crippen LogP contribution in [0.5, 0.6) is 0 Å². The highest BCUT2D eigenvalue weighted by Gasteiger charge is 2.40. The lowest BCUT2D eigenvalue weighted by Gasteiger charge is -2.18. The Bertz CT molecular complexity index is 402. The second kappa shape index (κ2) is 3.47. The Morgan fingerprint density at radius 3 is 2.60 bits per heavy atom. The smallest absolute Gasteiger partial charge is 0.261 e. The molecular formula is C11H12N2O2. The summed E-state index contributed by atoms with van der Waals surface area (Å²) < 4.78 is 0. The predicted molar refractivity (Wildman–Crippen MR) is 57.6 cm³/mol. The van der Waals surface area contributed by atoms with Gasteiger partial charge in [0, 0.05) is 6.21 Å². The fourth-order valence-electron chi connectivity index (χ4n) is 1.40. The van der Waals surface area contributed by atoms with E-state index < -0.39 is 5.41 Å². The third-order valence-corrected chi connectivity index (χ3v) is 2.47. The van der Waals surface area contributed by atoms with Crippen molar-refractivity contribution < 1.29 is 9.90 Å². The van der Waals surface area contributed by atoms with Crippen molar-refractivity contribution in [1.29, 1.82) is 0 Å². The highest BCUT2D eigenvalue weighted by atomic mass is 16.3. The fraction of sp³-hybridized carbons (Fsp3) is 0.273. The number of carbonyl (C=O) groups is 1. The number of hydrazone groups is 1. The van der Waals surface area contributed by atoms with E-state index in [1.54, 1.807) is 19.1 Å². The van der Waals surface area contributed by atoms with Crippen molar-refractivity contribution >= 4 is 17.8 Å². The highest BCUT2D eigenvalue weighted by molar-refractivity contribution is 6.11.